The molecular formula is C86H83BCl7N24NaO20S6. The van der Waals surface area contributed by atoms with Crippen LogP contribution in [0.25, 0.3) is 72.3 Å². The predicted octanol–water partition coefficient (Wildman–Crippen LogP) is 7.35. The van der Waals surface area contributed by atoms with E-state index in [0.29, 0.717) is 116 Å². The molecule has 3 saturated carbocycles. The van der Waals surface area contributed by atoms with Crippen LogP contribution in [-0.4, -0.2) is 184 Å². The van der Waals surface area contributed by atoms with E-state index in [9.17, 15) is 60.1 Å². The number of sulfone groups is 2. The number of nitrogens with one attached hydrogen (secondary N) is 6. The number of hydrogen-bond donors (Lipinski definition) is 14. The number of aromatic nitrogens is 15. The molecule has 756 valence electrons. The van der Waals surface area contributed by atoms with Crippen LogP contribution in [0.2, 0.25) is 36.3 Å². The third-order valence-electron chi connectivity index (χ3n) is 19.3. The number of nitrogens with two attached hydrogens (primary N) is 5. The Morgan fingerprint density at radius 1 is 0.393 bits per heavy atom. The van der Waals surface area contributed by atoms with Crippen LogP contribution in [0.3, 0.4) is 0 Å². The number of fused-ring (bicyclic) bond motifs is 5. The number of H-pyrrole nitrogens is 2. The first-order valence-corrected chi connectivity index (χ1v) is 54.1. The second-order valence-electron chi connectivity index (χ2n) is 30.7. The molecule has 44 nitrogen and oxygen atoms in total. The van der Waals surface area contributed by atoms with Gasteiger partial charge in [-0.15, -0.1) is 0 Å². The topological polar surface area (TPSA) is 727 Å². The number of aromatic amines is 2. The zero-order valence-electron chi connectivity index (χ0n) is 75.6. The normalized spacial score (nSPS) is 12.7. The number of ether oxygens (including phenoxy) is 2. The maximum atomic E-state index is 12.0. The first-order valence-electron chi connectivity index (χ1n) is 41.5. The van der Waals surface area contributed by atoms with E-state index >= 15 is 0 Å². The fourth-order valence-electron chi connectivity index (χ4n) is 11.7. The van der Waals surface area contributed by atoms with Crippen molar-refractivity contribution in [2.45, 2.75) is 112 Å². The molecule has 6 aromatic carbocycles. The summed E-state index contributed by atoms with van der Waals surface area (Å²) in [5.41, 5.74) is 13.7. The molecule has 0 bridgehead atoms. The summed E-state index contributed by atoms with van der Waals surface area (Å²) in [6, 6.07) is 53.4. The molecule has 0 unspecified atom stereocenters. The zero-order valence-corrected chi connectivity index (χ0v) is 87.8. The van der Waals surface area contributed by atoms with Crippen LogP contribution in [0.1, 0.15) is 60.8 Å². The first-order chi connectivity index (χ1) is 67.9. The molecule has 3 fully saturated rings. The van der Waals surface area contributed by atoms with Crippen molar-refractivity contribution in [1.29, 1.82) is 0 Å². The van der Waals surface area contributed by atoms with E-state index in [1.54, 1.807) is 133 Å². The molecule has 145 heavy (non-hydrogen) atoms. The average Bonchev–Trinajstić information content (AvgIpc) is 1.20. The van der Waals surface area contributed by atoms with E-state index in [1.807, 2.05) is 0 Å². The van der Waals surface area contributed by atoms with Crippen LogP contribution >= 0.6 is 81.2 Å². The predicted molar refractivity (Wildman–Crippen MR) is 545 cm³/mol. The molecular weight excluding hydrogens is 2160 g/mol. The number of halogens is 7. The minimum Gasteiger partial charge on any atom is -0.553 e. The molecule has 0 atom stereocenters. The number of primary sulfonamides is 4. The summed E-state index contributed by atoms with van der Waals surface area (Å²) in [5, 5.41) is 62.9. The van der Waals surface area contributed by atoms with Crippen molar-refractivity contribution in [2.24, 2.45) is 26.3 Å². The van der Waals surface area contributed by atoms with Crippen molar-refractivity contribution in [3.63, 3.8) is 0 Å². The summed E-state index contributed by atoms with van der Waals surface area (Å²) >= 11 is 39.9. The second kappa shape index (κ2) is 51.4. The molecule has 0 spiro atoms. The maximum absolute atomic E-state index is 12.0. The van der Waals surface area contributed by atoms with E-state index in [1.165, 1.54) is 79.1 Å². The number of sulfonamides is 4. The third kappa shape index (κ3) is 35.8. The number of benzene rings is 6. The molecule has 10 heterocycles. The van der Waals surface area contributed by atoms with Gasteiger partial charge in [-0.2, -0.15) is 9.97 Å². The van der Waals surface area contributed by atoms with Crippen molar-refractivity contribution >= 4 is 227 Å². The van der Waals surface area contributed by atoms with Gasteiger partial charge in [-0.05, 0) is 223 Å². The Morgan fingerprint density at radius 3 is 1.14 bits per heavy atom. The largest absolute Gasteiger partial charge is 1.00 e. The minimum atomic E-state index is -3.75. The molecule has 0 saturated heterocycles. The number of hydrogen-bond acceptors (Lipinski definition) is 37. The van der Waals surface area contributed by atoms with E-state index in [0.717, 1.165) is 67.0 Å². The fourth-order valence-corrected chi connectivity index (χ4v) is 16.3. The summed E-state index contributed by atoms with van der Waals surface area (Å²) in [4.78, 5) is 83.0. The van der Waals surface area contributed by atoms with Crippen molar-refractivity contribution in [2.75, 3.05) is 28.5 Å². The quantitative estimate of drug-likeness (QED) is 0.0104. The number of anilines is 3. The van der Waals surface area contributed by atoms with Crippen LogP contribution < -0.4 is 97.9 Å². The van der Waals surface area contributed by atoms with Crippen LogP contribution in [-0.2, 0) is 85.9 Å². The molecule has 3 aliphatic rings. The van der Waals surface area contributed by atoms with Gasteiger partial charge in [0.1, 0.15) is 38.3 Å². The summed E-state index contributed by atoms with van der Waals surface area (Å²) in [6.07, 6.45) is 8.47. The van der Waals surface area contributed by atoms with Gasteiger partial charge in [-0.3, -0.25) is 19.6 Å². The molecule has 59 heteroatoms. The zero-order chi connectivity index (χ0) is 105. The summed E-state index contributed by atoms with van der Waals surface area (Å²) < 4.78 is 147. The summed E-state index contributed by atoms with van der Waals surface area (Å²) in [5.74, 6) is 6.49. The van der Waals surface area contributed by atoms with Crippen LogP contribution in [0, 0.1) is 0 Å². The molecule has 16 aromatic rings. The first kappa shape index (κ1) is 116. The Labute approximate surface area is 884 Å². The number of rotatable bonds is 22. The standard InChI is InChI=1S/C24H23N5O5S2.C17H16ClN5O3S.C14H12ClN5O3S.C7H9BO4S.C7H2Cl3N3.C7H3Cl2N3O.C7H10N2O2S.C3H6O.H2NO.Na/c1-35(30,31)19-4-2-3-16(13-19)20-11-12-21-22(27-20)23(34-17-7-8-17)29-24(28-21)26-14-15-5-9-18(10-6-15)36(25,32)33;18-14-8-7-13-15(22-14)16(26-11-3-4-11)23-17(21-13)20-9-10-1-5-12(6-2-10)27(19,24)25;15-11-6-5-10-12(19-11)13(21)20-14(18-10)17-7-8-1-3-9(4-2-8)24(16,22)23;1-13(11,12)7-4-2-3-6(5-7)8(9)10;8-4-2-1-3-5(12-4)6(9)13-7(10)11-3;8-4-2-1-3-5(11-4)6(13)12-7(9)10-3;8-5-6-1-3-7(4-2-6)12(9,10)11;4-3-1-2-3;1-2;/h2-6,9-13,17H,7-8,14H2,1H3,(H2,25,32,33)(H,26,28,29);1-2,5-8,11H,3-4,9H2,(H2,19,24,25)(H,20,21,23);1-6H,7H2,(H2,16,22,23)(H2,17,18,20,21);2-5,9-10H,1H3;1-2H;1-2H,(H,10,12,13);1-4H,5,8H2,(H2,9,10,11);3-4H,1-2H2;1-2H;/q;;;;;;;;-1;+1. The molecule has 3 aliphatic carbocycles. The Hall–Kier alpha value is -11.2. The average molecular weight is 2250 g/mol. The van der Waals surface area contributed by atoms with Gasteiger partial charge in [0, 0.05) is 44.3 Å². The molecule has 0 aliphatic heterocycles. The van der Waals surface area contributed by atoms with Gasteiger partial charge in [0.15, 0.2) is 46.9 Å². The van der Waals surface area contributed by atoms with Crippen molar-refractivity contribution < 1.29 is 110 Å². The van der Waals surface area contributed by atoms with Crippen molar-refractivity contribution in [1.82, 2.24) is 74.8 Å². The van der Waals surface area contributed by atoms with Crippen LogP contribution in [0.15, 0.2) is 245 Å². The Kier molecular flexibility index (Phi) is 41.0. The van der Waals surface area contributed by atoms with Crippen molar-refractivity contribution in [3.8, 4) is 23.0 Å². The van der Waals surface area contributed by atoms with Crippen LogP contribution in [0.4, 0.5) is 17.8 Å². The van der Waals surface area contributed by atoms with Crippen molar-refractivity contribution in [3.05, 3.63) is 291 Å². The number of aliphatic hydroxyl groups excluding tert-OH is 1. The smallest absolute Gasteiger partial charge is 0.553 e. The molecule has 10 aromatic heterocycles. The van der Waals surface area contributed by atoms with Gasteiger partial charge in [0.05, 0.1) is 68.8 Å². The molecule has 0 amide bonds. The Morgan fingerprint density at radius 2 is 0.745 bits per heavy atom. The van der Waals surface area contributed by atoms with Gasteiger partial charge < -0.3 is 57.4 Å². The van der Waals surface area contributed by atoms with E-state index in [4.69, 9.17) is 148 Å². The molecule has 0 radical (unpaired) electrons. The SMILES string of the molecule is CS(=O)(=O)c1cccc(-c2ccc3nc(NCc4ccc(S(N)(=O)=O)cc4)nc(OC4CC4)c3n2)c1.CS(=O)(=O)c1cccc(B(O)O)c1.Clc1ccc2nc(Cl)nc(Cl)c2n1.NCc1ccc(S(N)(=O)=O)cc1.NS(=O)(=O)c1ccc(CNc2nc(OC3CC3)c3nc(Cl)ccc3n2)cc1.NS(=O)(=O)c1ccc(CNc2nc3ccc(Cl)nc3c(=O)[nH]2)cc1.O=c1[nH]c(Cl)nc2ccc(Cl)nc12.OC1CC1.[NH-]O.[Na+]. The van der Waals surface area contributed by atoms with E-state index < -0.39 is 78.0 Å². The number of nitrogens with zero attached hydrogens (tertiary/aromatic N) is 13. The van der Waals surface area contributed by atoms with Gasteiger partial charge in [0.25, 0.3) is 11.1 Å². The summed E-state index contributed by atoms with van der Waals surface area (Å²) in [7, 11) is -23.0. The minimum absolute atomic E-state index is 0. The molecule has 20 N–H and O–H groups in total. The summed E-state index contributed by atoms with van der Waals surface area (Å²) in [6.45, 7) is 1.48. The Balaban J connectivity index is 0.000000178. The molecule has 19 rings (SSSR count). The fraction of sp³-hybridized carbons (Fsp3) is 0.174. The number of aliphatic hydroxyl groups is 1. The second-order valence-corrected chi connectivity index (χ2v) is 43.6. The van der Waals surface area contributed by atoms with Crippen LogP contribution in [0.5, 0.6) is 11.8 Å². The van der Waals surface area contributed by atoms with Gasteiger partial charge >= 0.3 is 36.7 Å². The van der Waals surface area contributed by atoms with Gasteiger partial charge in [-0.1, -0.05) is 131 Å². The third-order valence-corrected chi connectivity index (χ3v) is 26.7. The Bertz CT molecular complexity index is 8250. The number of pyridine rings is 5. The van der Waals surface area contributed by atoms with Gasteiger partial charge in [-0.25, -0.2) is 126 Å². The van der Waals surface area contributed by atoms with E-state index in [-0.39, 0.29) is 126 Å². The maximum Gasteiger partial charge on any atom is 1.00 e. The monoisotopic (exact) mass is 2240 g/mol. The van der Waals surface area contributed by atoms with E-state index in [2.05, 4.69) is 85.7 Å². The van der Waals surface area contributed by atoms with Gasteiger partial charge in [0.2, 0.25) is 80.3 Å².